The number of aryl methyl sites for hydroxylation is 4. The van der Waals surface area contributed by atoms with Gasteiger partial charge in [-0.2, -0.15) is 5.26 Å². The average molecular weight is 455 g/mol. The minimum atomic E-state index is -0.974. The van der Waals surface area contributed by atoms with Crippen LogP contribution in [-0.4, -0.2) is 10.9 Å². The summed E-state index contributed by atoms with van der Waals surface area (Å²) in [7, 11) is 0. The van der Waals surface area contributed by atoms with Crippen molar-refractivity contribution in [1.82, 2.24) is 4.98 Å². The maximum atomic E-state index is 13.5. The second-order valence-corrected chi connectivity index (χ2v) is 8.71. The van der Waals surface area contributed by atoms with E-state index >= 15 is 0 Å². The van der Waals surface area contributed by atoms with E-state index in [-0.39, 0.29) is 28.4 Å². The van der Waals surface area contributed by atoms with Gasteiger partial charge in [-0.3, -0.25) is 9.59 Å². The van der Waals surface area contributed by atoms with Crippen molar-refractivity contribution in [3.63, 3.8) is 0 Å². The number of carbonyl (C=O) groups excluding carboxylic acids is 1. The van der Waals surface area contributed by atoms with Crippen LogP contribution in [-0.2, 0) is 9.53 Å². The van der Waals surface area contributed by atoms with Gasteiger partial charge in [0.1, 0.15) is 17.4 Å². The smallest absolute Gasteiger partial charge is 0.256 e. The lowest BCUT2D eigenvalue weighted by Crippen LogP contribution is -2.31. The molecule has 0 spiro atoms. The third-order valence-corrected chi connectivity index (χ3v) is 6.26. The highest BCUT2D eigenvalue weighted by Crippen LogP contribution is 2.39. The molecule has 7 nitrogen and oxygen atoms in total. The number of aromatic nitrogens is 1. The first-order chi connectivity index (χ1) is 16.1. The molecule has 2 aromatic carbocycles. The Labute approximate surface area is 197 Å². The fourth-order valence-electron chi connectivity index (χ4n) is 4.44. The Hall–Kier alpha value is -4.31. The molecule has 1 amide bonds. The maximum absolute atomic E-state index is 13.5. The van der Waals surface area contributed by atoms with E-state index in [1.54, 1.807) is 13.0 Å². The van der Waals surface area contributed by atoms with Gasteiger partial charge in [0, 0.05) is 16.6 Å². The molecule has 3 aromatic rings. The first kappa shape index (κ1) is 22.9. The number of aromatic amines is 1. The number of hydrogen-bond donors (Lipinski definition) is 3. The molecular weight excluding hydrogens is 428 g/mol. The molecule has 0 saturated carbocycles. The zero-order valence-corrected chi connectivity index (χ0v) is 19.8. The lowest BCUT2D eigenvalue weighted by atomic mass is 9.82. The van der Waals surface area contributed by atoms with E-state index in [4.69, 9.17) is 10.5 Å². The summed E-state index contributed by atoms with van der Waals surface area (Å²) in [5, 5.41) is 13.7. The van der Waals surface area contributed by atoms with Gasteiger partial charge in [-0.05, 0) is 63.4 Å². The first-order valence-electron chi connectivity index (χ1n) is 10.9. The van der Waals surface area contributed by atoms with Gasteiger partial charge in [0.15, 0.2) is 0 Å². The van der Waals surface area contributed by atoms with Gasteiger partial charge in [0.05, 0.1) is 17.0 Å². The normalized spacial score (nSPS) is 15.8. The molecule has 0 aliphatic carbocycles. The number of allylic oxidation sites excluding steroid dienone is 2. The van der Waals surface area contributed by atoms with E-state index in [9.17, 15) is 14.9 Å². The number of nitriles is 1. The largest absolute Gasteiger partial charge is 0.445 e. The second-order valence-electron chi connectivity index (χ2n) is 8.71. The number of amides is 1. The summed E-state index contributed by atoms with van der Waals surface area (Å²) in [5.41, 5.74) is 11.3. The van der Waals surface area contributed by atoms with Crippen LogP contribution in [0, 0.1) is 39.0 Å². The van der Waals surface area contributed by atoms with Crippen molar-refractivity contribution >= 4 is 22.5 Å². The van der Waals surface area contributed by atoms with Crippen molar-refractivity contribution in [2.45, 2.75) is 40.5 Å². The number of benzene rings is 2. The van der Waals surface area contributed by atoms with Gasteiger partial charge in [-0.1, -0.05) is 29.8 Å². The van der Waals surface area contributed by atoms with Crippen molar-refractivity contribution < 1.29 is 9.53 Å². The van der Waals surface area contributed by atoms with Crippen LogP contribution in [0.4, 0.5) is 5.69 Å². The zero-order valence-electron chi connectivity index (χ0n) is 19.8. The lowest BCUT2D eigenvalue weighted by molar-refractivity contribution is -0.113. The molecule has 0 radical (unpaired) electrons. The first-order valence-corrected chi connectivity index (χ1v) is 10.9. The summed E-state index contributed by atoms with van der Waals surface area (Å²) in [6.07, 6.45) is 0. The van der Waals surface area contributed by atoms with Gasteiger partial charge in [0.2, 0.25) is 5.88 Å². The molecule has 0 bridgehead atoms. The fraction of sp³-hybridized carbons (Fsp3) is 0.222. The summed E-state index contributed by atoms with van der Waals surface area (Å²) in [5.74, 6) is -1.31. The Morgan fingerprint density at radius 3 is 2.44 bits per heavy atom. The molecule has 4 N–H and O–H groups in total. The van der Waals surface area contributed by atoms with Crippen LogP contribution < -0.4 is 16.6 Å². The number of nitrogens with two attached hydrogens (primary N) is 1. The Morgan fingerprint density at radius 2 is 1.76 bits per heavy atom. The second kappa shape index (κ2) is 8.56. The minimum absolute atomic E-state index is 0.0199. The molecule has 1 unspecified atom stereocenters. The Morgan fingerprint density at radius 1 is 1.06 bits per heavy atom. The maximum Gasteiger partial charge on any atom is 0.256 e. The predicted octanol–water partition coefficient (Wildman–Crippen LogP) is 4.48. The third kappa shape index (κ3) is 3.84. The molecule has 2 heterocycles. The SMILES string of the molecule is CC1=C(C(=O)Nc2ccc(C)cc2C)C(c2cc3c(C)ccc(C)c3[nH]c2=O)C(C#N)=C(N)O1. The van der Waals surface area contributed by atoms with Crippen LogP contribution in [0.2, 0.25) is 0 Å². The van der Waals surface area contributed by atoms with Crippen molar-refractivity contribution in [2.75, 3.05) is 5.32 Å². The Balaban J connectivity index is 1.90. The number of nitrogens with zero attached hydrogens (tertiary/aromatic N) is 1. The van der Waals surface area contributed by atoms with E-state index in [1.807, 2.05) is 58.0 Å². The monoisotopic (exact) mass is 454 g/mol. The summed E-state index contributed by atoms with van der Waals surface area (Å²) >= 11 is 0. The highest BCUT2D eigenvalue weighted by molar-refractivity contribution is 6.06. The molecular formula is C27H26N4O3. The highest BCUT2D eigenvalue weighted by Gasteiger charge is 2.37. The van der Waals surface area contributed by atoms with Crippen LogP contribution in [0.3, 0.4) is 0 Å². The van der Waals surface area contributed by atoms with E-state index < -0.39 is 17.4 Å². The van der Waals surface area contributed by atoms with Crippen molar-refractivity contribution in [2.24, 2.45) is 5.73 Å². The molecule has 4 rings (SSSR count). The number of rotatable bonds is 3. The number of hydrogen-bond acceptors (Lipinski definition) is 5. The molecule has 1 aromatic heterocycles. The van der Waals surface area contributed by atoms with Crippen LogP contribution in [0.1, 0.15) is 40.7 Å². The van der Waals surface area contributed by atoms with Crippen LogP contribution >= 0.6 is 0 Å². The van der Waals surface area contributed by atoms with Crippen LogP contribution in [0.25, 0.3) is 10.9 Å². The number of anilines is 1. The summed E-state index contributed by atoms with van der Waals surface area (Å²) < 4.78 is 5.57. The van der Waals surface area contributed by atoms with Gasteiger partial charge in [-0.15, -0.1) is 0 Å². The highest BCUT2D eigenvalue weighted by atomic mass is 16.5. The summed E-state index contributed by atoms with van der Waals surface area (Å²) in [6.45, 7) is 9.33. The molecule has 34 heavy (non-hydrogen) atoms. The molecule has 0 saturated heterocycles. The number of fused-ring (bicyclic) bond motifs is 1. The van der Waals surface area contributed by atoms with Crippen molar-refractivity contribution in [1.29, 1.82) is 5.26 Å². The number of carbonyl (C=O) groups is 1. The van der Waals surface area contributed by atoms with Crippen LogP contribution in [0.15, 0.2) is 64.0 Å². The topological polar surface area (TPSA) is 121 Å². The number of H-pyrrole nitrogens is 1. The molecule has 0 fully saturated rings. The third-order valence-electron chi connectivity index (χ3n) is 6.26. The Kier molecular flexibility index (Phi) is 5.76. The molecule has 172 valence electrons. The fourth-order valence-corrected chi connectivity index (χ4v) is 4.44. The van der Waals surface area contributed by atoms with E-state index in [1.165, 1.54) is 0 Å². The summed E-state index contributed by atoms with van der Waals surface area (Å²) in [6, 6.07) is 13.4. The predicted molar refractivity (Wildman–Crippen MR) is 132 cm³/mol. The molecule has 7 heteroatoms. The average Bonchev–Trinajstić information content (AvgIpc) is 2.77. The van der Waals surface area contributed by atoms with Gasteiger partial charge >= 0.3 is 0 Å². The quantitative estimate of drug-likeness (QED) is 0.539. The Bertz CT molecular complexity index is 1520. The van der Waals surface area contributed by atoms with Crippen LogP contribution in [0.5, 0.6) is 0 Å². The van der Waals surface area contributed by atoms with Crippen molar-refractivity contribution in [3.05, 3.63) is 97.4 Å². The molecule has 1 aliphatic rings. The lowest BCUT2D eigenvalue weighted by Gasteiger charge is -2.27. The van der Waals surface area contributed by atoms with Crippen molar-refractivity contribution in [3.8, 4) is 6.07 Å². The van der Waals surface area contributed by atoms with E-state index in [0.29, 0.717) is 5.69 Å². The number of pyridine rings is 1. The minimum Gasteiger partial charge on any atom is -0.445 e. The molecule has 1 atom stereocenters. The van der Waals surface area contributed by atoms with E-state index in [2.05, 4.69) is 16.4 Å². The standard InChI is InChI=1S/C27H26N4O3/c1-13-6-9-21(16(4)10-13)30-27(33)22-17(5)34-25(29)20(12-28)23(22)19-11-18-14(2)7-8-15(3)24(18)31-26(19)32/h6-11,23H,29H2,1-5H3,(H,30,33)(H,31,32). The van der Waals surface area contributed by atoms with Gasteiger partial charge < -0.3 is 20.8 Å². The van der Waals surface area contributed by atoms with Gasteiger partial charge in [-0.25, -0.2) is 0 Å². The number of nitrogens with one attached hydrogen (secondary N) is 2. The van der Waals surface area contributed by atoms with Gasteiger partial charge in [0.25, 0.3) is 11.5 Å². The molecule has 1 aliphatic heterocycles. The van der Waals surface area contributed by atoms with E-state index in [0.717, 1.165) is 33.2 Å². The number of ether oxygens (including phenoxy) is 1. The summed E-state index contributed by atoms with van der Waals surface area (Å²) in [4.78, 5) is 29.7. The zero-order chi connectivity index (χ0) is 24.7.